The van der Waals surface area contributed by atoms with Crippen LogP contribution >= 0.6 is 0 Å². The zero-order valence-electron chi connectivity index (χ0n) is 10.8. The van der Waals surface area contributed by atoms with Crippen LogP contribution < -0.4 is 5.32 Å². The van der Waals surface area contributed by atoms with Gasteiger partial charge >= 0.3 is 0 Å². The summed E-state index contributed by atoms with van der Waals surface area (Å²) in [6.07, 6.45) is 4.46. The molecule has 1 aromatic carbocycles. The zero-order valence-corrected chi connectivity index (χ0v) is 10.8. The van der Waals surface area contributed by atoms with Crippen LogP contribution in [0.15, 0.2) is 37.2 Å². The number of aromatic nitrogens is 5. The second-order valence-corrected chi connectivity index (χ2v) is 4.33. The van der Waals surface area contributed by atoms with Crippen LogP contribution in [0.1, 0.15) is 11.4 Å². The maximum absolute atomic E-state index is 14.0. The molecule has 0 spiro atoms. The van der Waals surface area contributed by atoms with E-state index in [1.54, 1.807) is 18.5 Å². The van der Waals surface area contributed by atoms with Gasteiger partial charge in [0.1, 0.15) is 18.3 Å². The molecule has 2 N–H and O–H groups in total. The van der Waals surface area contributed by atoms with Crippen LogP contribution in [0.2, 0.25) is 0 Å². The van der Waals surface area contributed by atoms with Crippen molar-refractivity contribution >= 4 is 5.69 Å². The Morgan fingerprint density at radius 1 is 1.40 bits per heavy atom. The summed E-state index contributed by atoms with van der Waals surface area (Å²) in [6.45, 7) is 2.48. The molecule has 0 radical (unpaired) electrons. The molecule has 0 aliphatic rings. The number of hydrogen-bond donors (Lipinski definition) is 2. The van der Waals surface area contributed by atoms with E-state index in [0.717, 1.165) is 11.4 Å². The highest BCUT2D eigenvalue weighted by molar-refractivity contribution is 5.49. The third-order valence-corrected chi connectivity index (χ3v) is 3.01. The van der Waals surface area contributed by atoms with Gasteiger partial charge in [-0.3, -0.25) is 0 Å². The summed E-state index contributed by atoms with van der Waals surface area (Å²) in [5, 5.41) is 7.04. The normalized spacial score (nSPS) is 10.7. The van der Waals surface area contributed by atoms with Gasteiger partial charge < -0.3 is 10.3 Å². The first-order chi connectivity index (χ1) is 9.74. The average Bonchev–Trinajstić information content (AvgIpc) is 3.08. The fourth-order valence-corrected chi connectivity index (χ4v) is 1.89. The van der Waals surface area contributed by atoms with Crippen LogP contribution in [0.4, 0.5) is 10.1 Å². The highest BCUT2D eigenvalue weighted by Crippen LogP contribution is 2.18. The molecule has 2 heterocycles. The van der Waals surface area contributed by atoms with E-state index >= 15 is 0 Å². The minimum atomic E-state index is -0.362. The lowest BCUT2D eigenvalue weighted by Crippen LogP contribution is -2.03. The van der Waals surface area contributed by atoms with Gasteiger partial charge in [-0.25, -0.2) is 19.0 Å². The van der Waals surface area contributed by atoms with Crippen molar-refractivity contribution in [1.29, 1.82) is 0 Å². The first-order valence-electron chi connectivity index (χ1n) is 6.11. The molecule has 3 aromatic rings. The summed E-state index contributed by atoms with van der Waals surface area (Å²) in [5.74, 6) is -0.362. The van der Waals surface area contributed by atoms with Gasteiger partial charge in [0.2, 0.25) is 0 Å². The third kappa shape index (κ3) is 2.37. The van der Waals surface area contributed by atoms with Crippen molar-refractivity contribution in [2.75, 3.05) is 5.32 Å². The molecule has 0 bridgehead atoms. The Kier molecular flexibility index (Phi) is 3.16. The number of benzene rings is 1. The van der Waals surface area contributed by atoms with Gasteiger partial charge in [0, 0.05) is 11.4 Å². The second kappa shape index (κ2) is 5.12. The van der Waals surface area contributed by atoms with E-state index in [9.17, 15) is 4.39 Å². The van der Waals surface area contributed by atoms with Crippen LogP contribution in [0.25, 0.3) is 5.69 Å². The van der Waals surface area contributed by atoms with Gasteiger partial charge in [-0.1, -0.05) is 0 Å². The number of hydrogen-bond acceptors (Lipinski definition) is 4. The predicted octanol–water partition coefficient (Wildman–Crippen LogP) is 2.05. The Balaban J connectivity index is 1.76. The Morgan fingerprint density at radius 3 is 2.95 bits per heavy atom. The summed E-state index contributed by atoms with van der Waals surface area (Å²) < 4.78 is 15.4. The summed E-state index contributed by atoms with van der Waals surface area (Å²) in [5.41, 5.74) is 2.96. The van der Waals surface area contributed by atoms with Crippen molar-refractivity contribution in [2.24, 2.45) is 0 Å². The monoisotopic (exact) mass is 272 g/mol. The van der Waals surface area contributed by atoms with Crippen molar-refractivity contribution in [2.45, 2.75) is 13.5 Å². The number of halogens is 1. The SMILES string of the molecule is Cc1[nH]cnc1CNc1ccc(-n2cncn2)c(F)c1. The van der Waals surface area contributed by atoms with Gasteiger partial charge in [0.05, 0.1) is 18.6 Å². The summed E-state index contributed by atoms with van der Waals surface area (Å²) in [6, 6.07) is 4.88. The number of H-pyrrole nitrogens is 1. The molecule has 2 aromatic heterocycles. The number of nitrogens with one attached hydrogen (secondary N) is 2. The van der Waals surface area contributed by atoms with Crippen LogP contribution in [0.5, 0.6) is 0 Å². The van der Waals surface area contributed by atoms with Gasteiger partial charge in [0.15, 0.2) is 5.82 Å². The molecule has 0 amide bonds. The van der Waals surface area contributed by atoms with E-state index in [2.05, 4.69) is 25.4 Å². The minimum absolute atomic E-state index is 0.362. The molecule has 7 heteroatoms. The molecule has 0 fully saturated rings. The Hall–Kier alpha value is -2.70. The second-order valence-electron chi connectivity index (χ2n) is 4.33. The lowest BCUT2D eigenvalue weighted by Gasteiger charge is -2.08. The maximum atomic E-state index is 14.0. The smallest absolute Gasteiger partial charge is 0.150 e. The van der Waals surface area contributed by atoms with Crippen molar-refractivity contribution in [3.8, 4) is 5.69 Å². The molecule has 0 unspecified atom stereocenters. The highest BCUT2D eigenvalue weighted by atomic mass is 19.1. The number of rotatable bonds is 4. The van der Waals surface area contributed by atoms with Crippen molar-refractivity contribution in [3.63, 3.8) is 0 Å². The quantitative estimate of drug-likeness (QED) is 0.762. The molecule has 0 aliphatic carbocycles. The van der Waals surface area contributed by atoms with Gasteiger partial charge in [0.25, 0.3) is 0 Å². The first-order valence-corrected chi connectivity index (χ1v) is 6.11. The Labute approximate surface area is 114 Å². The van der Waals surface area contributed by atoms with E-state index in [1.165, 1.54) is 23.4 Å². The van der Waals surface area contributed by atoms with E-state index in [-0.39, 0.29) is 5.82 Å². The highest BCUT2D eigenvalue weighted by Gasteiger charge is 2.07. The molecular formula is C13H13FN6. The fraction of sp³-hybridized carbons (Fsp3) is 0.154. The summed E-state index contributed by atoms with van der Waals surface area (Å²) in [4.78, 5) is 11.0. The predicted molar refractivity (Wildman–Crippen MR) is 72.0 cm³/mol. The molecule has 6 nitrogen and oxygen atoms in total. The van der Waals surface area contributed by atoms with Crippen LogP contribution in [-0.4, -0.2) is 24.7 Å². The minimum Gasteiger partial charge on any atom is -0.379 e. The number of nitrogens with zero attached hydrogens (tertiary/aromatic N) is 4. The first kappa shape index (κ1) is 12.3. The topological polar surface area (TPSA) is 71.4 Å². The van der Waals surface area contributed by atoms with Crippen molar-refractivity contribution in [3.05, 3.63) is 54.4 Å². The standard InChI is InChI=1S/C13H13FN6/c1-9-12(18-7-17-9)5-16-10-2-3-13(11(14)4-10)20-8-15-6-19-20/h2-4,6-8,16H,5H2,1H3,(H,17,18). The van der Waals surface area contributed by atoms with Gasteiger partial charge in [-0.05, 0) is 25.1 Å². The molecular weight excluding hydrogens is 259 g/mol. The largest absolute Gasteiger partial charge is 0.379 e. The van der Waals surface area contributed by atoms with Gasteiger partial charge in [-0.2, -0.15) is 5.10 Å². The van der Waals surface area contributed by atoms with E-state index < -0.39 is 0 Å². The Morgan fingerprint density at radius 2 is 2.30 bits per heavy atom. The van der Waals surface area contributed by atoms with Crippen molar-refractivity contribution in [1.82, 2.24) is 24.7 Å². The third-order valence-electron chi connectivity index (χ3n) is 3.01. The fourth-order valence-electron chi connectivity index (χ4n) is 1.89. The molecule has 0 aliphatic heterocycles. The number of anilines is 1. The summed E-state index contributed by atoms with van der Waals surface area (Å²) in [7, 11) is 0. The lowest BCUT2D eigenvalue weighted by molar-refractivity contribution is 0.611. The molecule has 20 heavy (non-hydrogen) atoms. The molecule has 0 atom stereocenters. The number of aromatic amines is 1. The zero-order chi connectivity index (χ0) is 13.9. The van der Waals surface area contributed by atoms with Crippen LogP contribution in [0.3, 0.4) is 0 Å². The summed E-state index contributed by atoms with van der Waals surface area (Å²) >= 11 is 0. The molecule has 102 valence electrons. The molecule has 0 saturated carbocycles. The number of aryl methyl sites for hydroxylation is 1. The lowest BCUT2D eigenvalue weighted by atomic mass is 10.2. The van der Waals surface area contributed by atoms with Crippen LogP contribution in [-0.2, 0) is 6.54 Å². The average molecular weight is 272 g/mol. The molecule has 3 rings (SSSR count). The number of imidazole rings is 1. The van der Waals surface area contributed by atoms with E-state index in [4.69, 9.17) is 0 Å². The van der Waals surface area contributed by atoms with Gasteiger partial charge in [-0.15, -0.1) is 0 Å². The van der Waals surface area contributed by atoms with Crippen molar-refractivity contribution < 1.29 is 4.39 Å². The maximum Gasteiger partial charge on any atom is 0.150 e. The Bertz CT molecular complexity index is 703. The molecule has 0 saturated heterocycles. The van der Waals surface area contributed by atoms with E-state index in [1.807, 2.05) is 6.92 Å². The van der Waals surface area contributed by atoms with E-state index in [0.29, 0.717) is 17.9 Å². The van der Waals surface area contributed by atoms with Crippen LogP contribution in [0, 0.1) is 12.7 Å².